The van der Waals surface area contributed by atoms with Crippen LogP contribution in [0.15, 0.2) is 36.4 Å². The van der Waals surface area contributed by atoms with Crippen molar-refractivity contribution in [1.82, 2.24) is 0 Å². The minimum atomic E-state index is -3.88. The van der Waals surface area contributed by atoms with Crippen LogP contribution >= 0.6 is 7.60 Å². The Morgan fingerprint density at radius 2 is 1.58 bits per heavy atom. The first-order valence-corrected chi connectivity index (χ1v) is 10.9. The summed E-state index contributed by atoms with van der Waals surface area (Å²) < 4.78 is 18.6. The zero-order valence-corrected chi connectivity index (χ0v) is 17.5. The molecule has 0 aromatic heterocycles. The molecule has 4 heteroatoms. The van der Waals surface area contributed by atoms with Crippen LogP contribution < -0.4 is 9.83 Å². The van der Waals surface area contributed by atoms with E-state index in [4.69, 9.17) is 4.52 Å². The Bertz CT molecular complexity index is 896. The summed E-state index contributed by atoms with van der Waals surface area (Å²) in [5.41, 5.74) is 3.85. The maximum atomic E-state index is 12.9. The lowest BCUT2D eigenvalue weighted by Crippen LogP contribution is -2.25. The van der Waals surface area contributed by atoms with E-state index in [1.54, 1.807) is 12.1 Å². The first-order chi connectivity index (χ1) is 12.0. The van der Waals surface area contributed by atoms with Crippen LogP contribution in [-0.2, 0) is 15.4 Å². The molecule has 0 radical (unpaired) electrons. The Kier molecular flexibility index (Phi) is 4.61. The summed E-state index contributed by atoms with van der Waals surface area (Å²) >= 11 is 0. The Morgan fingerprint density at radius 1 is 0.962 bits per heavy atom. The lowest BCUT2D eigenvalue weighted by molar-refractivity contribution is 0.382. The molecule has 1 aliphatic rings. The van der Waals surface area contributed by atoms with Gasteiger partial charge in [-0.05, 0) is 41.4 Å². The van der Waals surface area contributed by atoms with E-state index in [1.165, 1.54) is 5.56 Å². The van der Waals surface area contributed by atoms with Crippen LogP contribution in [0.4, 0.5) is 0 Å². The largest absolute Gasteiger partial charge is 0.420 e. The molecule has 0 amide bonds. The Morgan fingerprint density at radius 3 is 2.19 bits per heavy atom. The second-order valence-electron chi connectivity index (χ2n) is 8.50. The van der Waals surface area contributed by atoms with Gasteiger partial charge in [-0.15, -0.1) is 0 Å². The van der Waals surface area contributed by atoms with Gasteiger partial charge in [0.1, 0.15) is 5.75 Å². The smallest absolute Gasteiger partial charge is 0.408 e. The normalized spacial score (nSPS) is 19.5. The summed E-state index contributed by atoms with van der Waals surface area (Å²) in [7, 11) is -3.88. The quantitative estimate of drug-likeness (QED) is 0.677. The van der Waals surface area contributed by atoms with E-state index in [0.29, 0.717) is 11.1 Å². The highest BCUT2D eigenvalue weighted by Crippen LogP contribution is 2.55. The van der Waals surface area contributed by atoms with E-state index < -0.39 is 7.60 Å². The average Bonchev–Trinajstić information content (AvgIpc) is 2.60. The standard InChI is InChI=1S/C22H29O3P/c1-7-21(3,4)15-13-17-16-11-9-10-12-19(16)26(23,24)25-20(17)18(14-15)22(5,6)8-2/h9-14H,7-8H2,1-6H3,(H,23,24). The van der Waals surface area contributed by atoms with Crippen LogP contribution in [0.2, 0.25) is 0 Å². The van der Waals surface area contributed by atoms with Crippen molar-refractivity contribution < 1.29 is 14.0 Å². The van der Waals surface area contributed by atoms with E-state index in [2.05, 4.69) is 53.7 Å². The molecule has 0 bridgehead atoms. The lowest BCUT2D eigenvalue weighted by Gasteiger charge is -2.35. The minimum absolute atomic E-state index is 0.0168. The molecule has 1 heterocycles. The van der Waals surface area contributed by atoms with Gasteiger partial charge in [0.25, 0.3) is 0 Å². The molecule has 1 unspecified atom stereocenters. The van der Waals surface area contributed by atoms with Crippen molar-refractivity contribution in [3.63, 3.8) is 0 Å². The Hall–Kier alpha value is -1.57. The van der Waals surface area contributed by atoms with Crippen molar-refractivity contribution in [2.75, 3.05) is 0 Å². The predicted octanol–water partition coefficient (Wildman–Crippen LogP) is 5.93. The number of benzene rings is 2. The maximum Gasteiger partial charge on any atom is 0.408 e. The minimum Gasteiger partial charge on any atom is -0.420 e. The van der Waals surface area contributed by atoms with Gasteiger partial charge < -0.3 is 9.42 Å². The van der Waals surface area contributed by atoms with Gasteiger partial charge in [-0.1, -0.05) is 65.8 Å². The van der Waals surface area contributed by atoms with Crippen LogP contribution in [0, 0.1) is 0 Å². The van der Waals surface area contributed by atoms with E-state index >= 15 is 0 Å². The SMILES string of the molecule is CCC(C)(C)c1cc2c(c(C(C)(C)CC)c1)OP(=O)(O)c1ccccc1-2. The molecule has 1 N–H and O–H groups in total. The van der Waals surface area contributed by atoms with Crippen LogP contribution in [0.1, 0.15) is 65.5 Å². The highest BCUT2D eigenvalue weighted by molar-refractivity contribution is 7.62. The van der Waals surface area contributed by atoms with Crippen molar-refractivity contribution in [2.45, 2.75) is 65.2 Å². The summed E-state index contributed by atoms with van der Waals surface area (Å²) in [6.07, 6.45) is 1.93. The zero-order valence-electron chi connectivity index (χ0n) is 16.6. The fraction of sp³-hybridized carbons (Fsp3) is 0.455. The van der Waals surface area contributed by atoms with E-state index in [1.807, 2.05) is 12.1 Å². The number of hydrogen-bond acceptors (Lipinski definition) is 2. The van der Waals surface area contributed by atoms with Gasteiger partial charge in [0.15, 0.2) is 0 Å². The van der Waals surface area contributed by atoms with Gasteiger partial charge in [0.2, 0.25) is 0 Å². The summed E-state index contributed by atoms with van der Waals surface area (Å²) in [5, 5.41) is 0.388. The maximum absolute atomic E-state index is 12.9. The fourth-order valence-electron chi connectivity index (χ4n) is 3.34. The third-order valence-corrected chi connectivity index (χ3v) is 7.51. The summed E-state index contributed by atoms with van der Waals surface area (Å²) in [5.74, 6) is 0.567. The average molecular weight is 372 g/mol. The fourth-order valence-corrected chi connectivity index (χ4v) is 4.65. The molecule has 26 heavy (non-hydrogen) atoms. The van der Waals surface area contributed by atoms with Gasteiger partial charge >= 0.3 is 7.60 Å². The third kappa shape index (κ3) is 3.02. The highest BCUT2D eigenvalue weighted by atomic mass is 31.2. The van der Waals surface area contributed by atoms with E-state index in [9.17, 15) is 9.46 Å². The molecular formula is C22H29O3P. The second-order valence-corrected chi connectivity index (χ2v) is 10.2. The third-order valence-electron chi connectivity index (χ3n) is 6.08. The topological polar surface area (TPSA) is 46.5 Å². The van der Waals surface area contributed by atoms with Gasteiger partial charge in [-0.25, -0.2) is 4.57 Å². The molecule has 0 saturated carbocycles. The van der Waals surface area contributed by atoms with Crippen molar-refractivity contribution in [1.29, 1.82) is 0 Å². The van der Waals surface area contributed by atoms with Crippen molar-refractivity contribution in [3.8, 4) is 16.9 Å². The van der Waals surface area contributed by atoms with Crippen LogP contribution in [0.25, 0.3) is 11.1 Å². The van der Waals surface area contributed by atoms with Crippen molar-refractivity contribution >= 4 is 12.9 Å². The Labute approximate surface area is 157 Å². The van der Waals surface area contributed by atoms with E-state index in [-0.39, 0.29) is 10.8 Å². The Balaban J connectivity index is 2.40. The monoisotopic (exact) mass is 372 g/mol. The van der Waals surface area contributed by atoms with Gasteiger partial charge in [0, 0.05) is 16.7 Å². The lowest BCUT2D eigenvalue weighted by atomic mass is 9.74. The summed E-state index contributed by atoms with van der Waals surface area (Å²) in [6.45, 7) is 13.1. The van der Waals surface area contributed by atoms with Gasteiger partial charge in [-0.2, -0.15) is 0 Å². The molecule has 3 rings (SSSR count). The molecule has 0 spiro atoms. The first-order valence-electron chi connectivity index (χ1n) is 9.35. The van der Waals surface area contributed by atoms with Gasteiger partial charge in [-0.3, -0.25) is 0 Å². The predicted molar refractivity (Wildman–Crippen MR) is 109 cm³/mol. The van der Waals surface area contributed by atoms with Crippen molar-refractivity contribution in [3.05, 3.63) is 47.5 Å². The molecule has 140 valence electrons. The highest BCUT2D eigenvalue weighted by Gasteiger charge is 2.39. The molecule has 2 aromatic carbocycles. The first kappa shape index (κ1) is 19.2. The van der Waals surface area contributed by atoms with Crippen LogP contribution in [0.5, 0.6) is 5.75 Å². The molecule has 3 nitrogen and oxygen atoms in total. The summed E-state index contributed by atoms with van der Waals surface area (Å²) in [4.78, 5) is 10.5. The molecule has 2 aromatic rings. The molecule has 0 fully saturated rings. The van der Waals surface area contributed by atoms with Crippen LogP contribution in [0.3, 0.4) is 0 Å². The van der Waals surface area contributed by atoms with Crippen molar-refractivity contribution in [2.24, 2.45) is 0 Å². The number of hydrogen-bond donors (Lipinski definition) is 1. The van der Waals surface area contributed by atoms with Gasteiger partial charge in [0.05, 0.1) is 5.30 Å². The molecule has 1 aliphatic heterocycles. The molecule has 0 saturated heterocycles. The summed E-state index contributed by atoms with van der Waals surface area (Å²) in [6, 6.07) is 11.6. The number of rotatable bonds is 4. The molecular weight excluding hydrogens is 343 g/mol. The molecule has 1 atom stereocenters. The van der Waals surface area contributed by atoms with Crippen LogP contribution in [-0.4, -0.2) is 4.89 Å². The second kappa shape index (κ2) is 6.25. The molecule has 0 aliphatic carbocycles. The number of fused-ring (bicyclic) bond motifs is 3. The zero-order chi connectivity index (χ0) is 19.3. The van der Waals surface area contributed by atoms with E-state index in [0.717, 1.165) is 29.5 Å².